The smallest absolute Gasteiger partial charge is 0.153 e. The van der Waals surface area contributed by atoms with E-state index in [-0.39, 0.29) is 5.75 Å². The zero-order valence-electron chi connectivity index (χ0n) is 8.31. The normalized spacial score (nSPS) is 14.3. The van der Waals surface area contributed by atoms with Gasteiger partial charge in [-0.15, -0.1) is 11.3 Å². The number of thiazole rings is 1. The van der Waals surface area contributed by atoms with Gasteiger partial charge in [0.05, 0.1) is 16.7 Å². The van der Waals surface area contributed by atoms with E-state index in [1.807, 2.05) is 0 Å². The molecule has 4 nitrogen and oxygen atoms in total. The van der Waals surface area contributed by atoms with Crippen LogP contribution in [0.3, 0.4) is 0 Å². The van der Waals surface area contributed by atoms with Crippen molar-refractivity contribution in [3.05, 3.63) is 15.6 Å². The first-order chi connectivity index (χ1) is 6.29. The predicted molar refractivity (Wildman–Crippen MR) is 56.0 cm³/mol. The quantitative estimate of drug-likeness (QED) is 0.850. The lowest BCUT2D eigenvalue weighted by atomic mass is 10.3. The number of nitrogens with zero attached hydrogens (tertiary/aromatic N) is 1. The maximum Gasteiger partial charge on any atom is 0.153 e. The first-order valence-corrected chi connectivity index (χ1v) is 6.99. The van der Waals surface area contributed by atoms with Crippen LogP contribution in [0.25, 0.3) is 0 Å². The summed E-state index contributed by atoms with van der Waals surface area (Å²) in [6, 6.07) is 0. The van der Waals surface area contributed by atoms with Crippen molar-refractivity contribution < 1.29 is 13.5 Å². The van der Waals surface area contributed by atoms with E-state index >= 15 is 0 Å². The van der Waals surface area contributed by atoms with Gasteiger partial charge in [-0.25, -0.2) is 13.4 Å². The van der Waals surface area contributed by atoms with Crippen LogP contribution in [0.5, 0.6) is 0 Å². The van der Waals surface area contributed by atoms with Gasteiger partial charge in [-0.2, -0.15) is 0 Å². The second-order valence-electron chi connectivity index (χ2n) is 3.30. The highest BCUT2D eigenvalue weighted by Crippen LogP contribution is 2.25. The molecule has 6 heteroatoms. The molecule has 1 heterocycles. The number of hydrogen-bond donors (Lipinski definition) is 1. The number of aromatic nitrogens is 1. The highest BCUT2D eigenvalue weighted by molar-refractivity contribution is 7.90. The van der Waals surface area contributed by atoms with Crippen molar-refractivity contribution in [2.24, 2.45) is 0 Å². The average Bonchev–Trinajstić information content (AvgIpc) is 2.26. The Morgan fingerprint density at radius 1 is 1.57 bits per heavy atom. The van der Waals surface area contributed by atoms with Gasteiger partial charge < -0.3 is 5.11 Å². The monoisotopic (exact) mass is 235 g/mol. The molecule has 0 aliphatic heterocycles. The third-order valence-corrected chi connectivity index (χ3v) is 3.95. The Morgan fingerprint density at radius 2 is 2.14 bits per heavy atom. The molecule has 0 amide bonds. The fourth-order valence-corrected chi connectivity index (χ4v) is 3.33. The molecule has 0 saturated carbocycles. The van der Waals surface area contributed by atoms with Gasteiger partial charge in [0.25, 0.3) is 0 Å². The maximum atomic E-state index is 11.0. The number of aryl methyl sites for hydroxylation is 1. The van der Waals surface area contributed by atoms with Crippen LogP contribution in [0.2, 0.25) is 0 Å². The molecule has 0 aliphatic carbocycles. The van der Waals surface area contributed by atoms with Crippen molar-refractivity contribution >= 4 is 21.2 Å². The minimum Gasteiger partial charge on any atom is -0.388 e. The van der Waals surface area contributed by atoms with Gasteiger partial charge in [0, 0.05) is 6.26 Å². The van der Waals surface area contributed by atoms with Gasteiger partial charge >= 0.3 is 0 Å². The fraction of sp³-hybridized carbons (Fsp3) is 0.625. The van der Waals surface area contributed by atoms with E-state index in [0.29, 0.717) is 10.7 Å². The van der Waals surface area contributed by atoms with Crippen molar-refractivity contribution in [1.82, 2.24) is 4.98 Å². The van der Waals surface area contributed by atoms with Crippen LogP contribution in [-0.4, -0.2) is 24.8 Å². The van der Waals surface area contributed by atoms with Crippen LogP contribution in [-0.2, 0) is 15.6 Å². The number of rotatable bonds is 3. The number of aliphatic hydroxyl groups excluding tert-OH is 1. The Morgan fingerprint density at radius 3 is 2.50 bits per heavy atom. The first-order valence-electron chi connectivity index (χ1n) is 4.11. The number of aliphatic hydroxyl groups is 1. The standard InChI is InChI=1S/C8H13NO3S2/c1-5-8(6(2)10)13-7(9-5)4-14(3,11)12/h6,10H,4H2,1-3H3. The molecule has 1 unspecified atom stereocenters. The molecule has 0 fully saturated rings. The minimum atomic E-state index is -3.04. The number of sulfone groups is 1. The van der Waals surface area contributed by atoms with Crippen LogP contribution in [0.1, 0.15) is 28.6 Å². The summed E-state index contributed by atoms with van der Waals surface area (Å²) in [5, 5.41) is 9.88. The lowest BCUT2D eigenvalue weighted by Crippen LogP contribution is -1.99. The van der Waals surface area contributed by atoms with Crippen molar-refractivity contribution in [1.29, 1.82) is 0 Å². The van der Waals surface area contributed by atoms with Gasteiger partial charge in [-0.3, -0.25) is 0 Å². The van der Waals surface area contributed by atoms with E-state index < -0.39 is 15.9 Å². The topological polar surface area (TPSA) is 67.3 Å². The summed E-state index contributed by atoms with van der Waals surface area (Å²) < 4.78 is 22.0. The van der Waals surface area contributed by atoms with E-state index in [1.54, 1.807) is 13.8 Å². The molecule has 0 bridgehead atoms. The Balaban J connectivity index is 2.98. The fourth-order valence-electron chi connectivity index (χ4n) is 1.14. The predicted octanol–water partition coefficient (Wildman–Crippen LogP) is 1.05. The van der Waals surface area contributed by atoms with Crippen molar-refractivity contribution in [2.75, 3.05) is 6.26 Å². The summed E-state index contributed by atoms with van der Waals surface area (Å²) in [7, 11) is -3.04. The van der Waals surface area contributed by atoms with E-state index in [2.05, 4.69) is 4.98 Å². The Kier molecular flexibility index (Phi) is 3.28. The van der Waals surface area contributed by atoms with Gasteiger partial charge in [0.15, 0.2) is 9.84 Å². The summed E-state index contributed by atoms with van der Waals surface area (Å²) in [5.74, 6) is -0.0504. The molecule has 0 radical (unpaired) electrons. The molecule has 0 aromatic carbocycles. The molecular formula is C8H13NO3S2. The molecule has 1 atom stereocenters. The summed E-state index contributed by atoms with van der Waals surface area (Å²) in [6.45, 7) is 3.41. The van der Waals surface area contributed by atoms with E-state index in [4.69, 9.17) is 0 Å². The van der Waals surface area contributed by atoms with E-state index in [0.717, 1.165) is 4.88 Å². The average molecular weight is 235 g/mol. The molecule has 0 aliphatic rings. The molecule has 1 aromatic rings. The maximum absolute atomic E-state index is 11.0. The summed E-state index contributed by atoms with van der Waals surface area (Å²) in [4.78, 5) is 4.84. The summed E-state index contributed by atoms with van der Waals surface area (Å²) >= 11 is 1.25. The largest absolute Gasteiger partial charge is 0.388 e. The SMILES string of the molecule is Cc1nc(CS(C)(=O)=O)sc1C(C)O. The summed E-state index contributed by atoms with van der Waals surface area (Å²) in [6.07, 6.45) is 0.590. The molecular weight excluding hydrogens is 222 g/mol. The molecule has 0 spiro atoms. The highest BCUT2D eigenvalue weighted by Gasteiger charge is 2.14. The van der Waals surface area contributed by atoms with E-state index in [9.17, 15) is 13.5 Å². The third kappa shape index (κ3) is 3.04. The summed E-state index contributed by atoms with van der Waals surface area (Å²) in [5.41, 5.74) is 0.712. The van der Waals surface area contributed by atoms with Crippen molar-refractivity contribution in [3.63, 3.8) is 0 Å². The Bertz CT molecular complexity index is 420. The minimum absolute atomic E-state index is 0.0504. The van der Waals surface area contributed by atoms with Crippen LogP contribution < -0.4 is 0 Å². The molecule has 80 valence electrons. The van der Waals surface area contributed by atoms with Crippen LogP contribution >= 0.6 is 11.3 Å². The van der Waals surface area contributed by atoms with Crippen molar-refractivity contribution in [3.8, 4) is 0 Å². The zero-order valence-corrected chi connectivity index (χ0v) is 9.94. The lowest BCUT2D eigenvalue weighted by molar-refractivity contribution is 0.202. The lowest BCUT2D eigenvalue weighted by Gasteiger charge is -1.98. The van der Waals surface area contributed by atoms with Crippen molar-refractivity contribution in [2.45, 2.75) is 25.7 Å². The van der Waals surface area contributed by atoms with E-state index in [1.165, 1.54) is 17.6 Å². The van der Waals surface area contributed by atoms with Crippen LogP contribution in [0.4, 0.5) is 0 Å². The zero-order chi connectivity index (χ0) is 10.9. The Hall–Kier alpha value is -0.460. The number of hydrogen-bond acceptors (Lipinski definition) is 5. The third-order valence-electron chi connectivity index (χ3n) is 1.64. The van der Waals surface area contributed by atoms with Gasteiger partial charge in [0.1, 0.15) is 10.8 Å². The van der Waals surface area contributed by atoms with Gasteiger partial charge in [-0.1, -0.05) is 0 Å². The van der Waals surface area contributed by atoms with Crippen LogP contribution in [0, 0.1) is 6.92 Å². The second-order valence-corrected chi connectivity index (χ2v) is 6.56. The Labute approximate surface area is 87.5 Å². The second kappa shape index (κ2) is 3.96. The van der Waals surface area contributed by atoms with Crippen LogP contribution in [0.15, 0.2) is 0 Å². The first kappa shape index (κ1) is 11.6. The molecule has 1 N–H and O–H groups in total. The molecule has 14 heavy (non-hydrogen) atoms. The van der Waals surface area contributed by atoms with Gasteiger partial charge in [0.2, 0.25) is 0 Å². The highest BCUT2D eigenvalue weighted by atomic mass is 32.2. The molecule has 1 rings (SSSR count). The molecule has 1 aromatic heterocycles. The molecule has 0 saturated heterocycles. The van der Waals surface area contributed by atoms with Gasteiger partial charge in [-0.05, 0) is 13.8 Å².